The van der Waals surface area contributed by atoms with E-state index in [-0.39, 0.29) is 11.6 Å². The Hall–Kier alpha value is -2.73. The fourth-order valence-corrected chi connectivity index (χ4v) is 3.06. The molecule has 6 heteroatoms. The summed E-state index contributed by atoms with van der Waals surface area (Å²) < 4.78 is 0. The smallest absolute Gasteiger partial charge is 0.352 e. The maximum atomic E-state index is 11.4. The predicted molar refractivity (Wildman–Crippen MR) is 97.2 cm³/mol. The second-order valence-corrected chi connectivity index (χ2v) is 6.25. The molecule has 0 radical (unpaired) electrons. The molecular weight excluding hydrogens is 322 g/mol. The second-order valence-electron chi connectivity index (χ2n) is 5.39. The lowest BCUT2D eigenvalue weighted by Gasteiger charge is -2.12. The van der Waals surface area contributed by atoms with Gasteiger partial charge in [0.25, 0.3) is 0 Å². The third-order valence-corrected chi connectivity index (χ3v) is 4.38. The number of hydrogen-bond acceptors (Lipinski definition) is 5. The number of benzene rings is 1. The van der Waals surface area contributed by atoms with Crippen LogP contribution in [0.5, 0.6) is 0 Å². The molecule has 2 N–H and O–H groups in total. The van der Waals surface area contributed by atoms with E-state index in [1.165, 1.54) is 11.3 Å². The number of aromatic nitrogens is 1. The number of nitrogens with one attached hydrogen (secondary N) is 1. The summed E-state index contributed by atoms with van der Waals surface area (Å²) in [5, 5.41) is 15.9. The van der Waals surface area contributed by atoms with E-state index in [0.29, 0.717) is 11.6 Å². The van der Waals surface area contributed by atoms with E-state index in [2.05, 4.69) is 15.5 Å². The van der Waals surface area contributed by atoms with E-state index in [1.54, 1.807) is 0 Å². The monoisotopic (exact) mass is 339 g/mol. The molecule has 0 amide bonds. The molecule has 2 aromatic rings. The number of carboxylic acid groups (broad SMARTS) is 1. The van der Waals surface area contributed by atoms with Gasteiger partial charge in [0.1, 0.15) is 5.71 Å². The van der Waals surface area contributed by atoms with Crippen molar-refractivity contribution in [2.75, 3.05) is 5.43 Å². The molecule has 0 bridgehead atoms. The molecule has 0 saturated carbocycles. The van der Waals surface area contributed by atoms with Crippen LogP contribution in [0.4, 0.5) is 5.13 Å². The van der Waals surface area contributed by atoms with Gasteiger partial charge < -0.3 is 5.11 Å². The number of anilines is 1. The third-order valence-electron chi connectivity index (χ3n) is 3.63. The van der Waals surface area contributed by atoms with Gasteiger partial charge in [0.2, 0.25) is 5.13 Å². The fraction of sp³-hybridized carbons (Fsp3) is 0.167. The van der Waals surface area contributed by atoms with Crippen molar-refractivity contribution in [3.63, 3.8) is 0 Å². The van der Waals surface area contributed by atoms with Gasteiger partial charge in [0, 0.05) is 17.4 Å². The lowest BCUT2D eigenvalue weighted by Crippen LogP contribution is -2.18. The summed E-state index contributed by atoms with van der Waals surface area (Å²) in [6, 6.07) is 9.82. The van der Waals surface area contributed by atoms with E-state index >= 15 is 0 Å². The van der Waals surface area contributed by atoms with E-state index in [0.717, 1.165) is 17.7 Å². The summed E-state index contributed by atoms with van der Waals surface area (Å²) >= 11 is 1.40. The average molecular weight is 339 g/mol. The van der Waals surface area contributed by atoms with Gasteiger partial charge in [-0.25, -0.2) is 9.78 Å². The van der Waals surface area contributed by atoms with Crippen molar-refractivity contribution < 1.29 is 9.90 Å². The van der Waals surface area contributed by atoms with Gasteiger partial charge in [0.05, 0.1) is 5.69 Å². The zero-order valence-corrected chi connectivity index (χ0v) is 13.7. The highest BCUT2D eigenvalue weighted by Gasteiger charge is 2.16. The normalized spacial score (nSPS) is 17.0. The molecule has 1 aromatic heterocycles. The summed E-state index contributed by atoms with van der Waals surface area (Å²) in [7, 11) is 0. The molecule has 1 atom stereocenters. The Labute approximate surface area is 144 Å². The quantitative estimate of drug-likeness (QED) is 0.611. The summed E-state index contributed by atoms with van der Waals surface area (Å²) in [5.41, 5.74) is 4.75. The van der Waals surface area contributed by atoms with Crippen LogP contribution in [0.2, 0.25) is 0 Å². The molecule has 3 rings (SSSR count). The van der Waals surface area contributed by atoms with E-state index < -0.39 is 5.97 Å². The lowest BCUT2D eigenvalue weighted by molar-refractivity contribution is -0.129. The number of hydrazone groups is 1. The topological polar surface area (TPSA) is 74.6 Å². The van der Waals surface area contributed by atoms with E-state index in [4.69, 9.17) is 0 Å². The third kappa shape index (κ3) is 4.17. The minimum atomic E-state index is -1.01. The highest BCUT2D eigenvalue weighted by atomic mass is 32.1. The standard InChI is InChI=1S/C18H17N3O2S/c22-17(23)15(11-13-7-3-1-4-8-13)20-21-18-19-16(12-24-18)14-9-5-2-6-10-14/h1-7,9-10,12-13H,8,11H2,(H,19,21)(H,22,23)/b20-15+. The maximum Gasteiger partial charge on any atom is 0.352 e. The van der Waals surface area contributed by atoms with Crippen LogP contribution in [0.3, 0.4) is 0 Å². The van der Waals surface area contributed by atoms with Crippen molar-refractivity contribution in [3.8, 4) is 11.3 Å². The Morgan fingerprint density at radius 1 is 1.33 bits per heavy atom. The molecule has 24 heavy (non-hydrogen) atoms. The molecule has 1 aromatic carbocycles. The van der Waals surface area contributed by atoms with Crippen LogP contribution in [0.15, 0.2) is 65.1 Å². The Bertz CT molecular complexity index is 794. The number of nitrogens with zero attached hydrogens (tertiary/aromatic N) is 2. The van der Waals surface area contributed by atoms with Gasteiger partial charge in [-0.05, 0) is 12.3 Å². The van der Waals surface area contributed by atoms with Gasteiger partial charge in [-0.3, -0.25) is 5.43 Å². The van der Waals surface area contributed by atoms with Gasteiger partial charge in [-0.1, -0.05) is 54.6 Å². The first kappa shape index (κ1) is 16.1. The molecule has 0 saturated heterocycles. The first-order valence-electron chi connectivity index (χ1n) is 7.62. The Morgan fingerprint density at radius 3 is 2.88 bits per heavy atom. The number of thiazole rings is 1. The van der Waals surface area contributed by atoms with Crippen molar-refractivity contribution in [2.45, 2.75) is 12.8 Å². The molecule has 1 aliphatic rings. The van der Waals surface area contributed by atoms with Crippen molar-refractivity contribution in [3.05, 3.63) is 60.0 Å². The summed E-state index contributed by atoms with van der Waals surface area (Å²) in [5.74, 6) is -0.840. The number of aliphatic carboxylic acids is 1. The van der Waals surface area contributed by atoms with Crippen LogP contribution in [-0.4, -0.2) is 21.8 Å². The first-order chi connectivity index (χ1) is 11.7. The number of rotatable bonds is 6. The number of carboxylic acids is 1. The number of carbonyl (C=O) groups is 1. The SMILES string of the molecule is O=C(O)/C(CC1C=CC=CC1)=N/Nc1nc(-c2ccccc2)cs1. The zero-order valence-electron chi connectivity index (χ0n) is 12.9. The number of allylic oxidation sites excluding steroid dienone is 4. The predicted octanol–water partition coefficient (Wildman–Crippen LogP) is 4.19. The van der Waals surface area contributed by atoms with Crippen LogP contribution in [0, 0.1) is 5.92 Å². The highest BCUT2D eigenvalue weighted by Crippen LogP contribution is 2.24. The molecule has 0 fully saturated rings. The van der Waals surface area contributed by atoms with Crippen LogP contribution in [0.25, 0.3) is 11.3 Å². The molecule has 1 unspecified atom stereocenters. The van der Waals surface area contributed by atoms with Gasteiger partial charge in [0.15, 0.2) is 0 Å². The van der Waals surface area contributed by atoms with Crippen LogP contribution in [0.1, 0.15) is 12.8 Å². The van der Waals surface area contributed by atoms with Crippen molar-refractivity contribution in [1.29, 1.82) is 0 Å². The Balaban J connectivity index is 1.68. The summed E-state index contributed by atoms with van der Waals surface area (Å²) in [4.78, 5) is 15.8. The zero-order chi connectivity index (χ0) is 16.8. The lowest BCUT2D eigenvalue weighted by atomic mass is 9.95. The van der Waals surface area contributed by atoms with Crippen molar-refractivity contribution in [1.82, 2.24) is 4.98 Å². The molecule has 0 aliphatic heterocycles. The minimum Gasteiger partial charge on any atom is -0.477 e. The van der Waals surface area contributed by atoms with Crippen LogP contribution >= 0.6 is 11.3 Å². The molecule has 0 spiro atoms. The Morgan fingerprint density at radius 2 is 2.17 bits per heavy atom. The maximum absolute atomic E-state index is 11.4. The first-order valence-corrected chi connectivity index (χ1v) is 8.50. The Kier molecular flexibility index (Phi) is 5.18. The van der Waals surface area contributed by atoms with E-state index in [1.807, 2.05) is 60.0 Å². The van der Waals surface area contributed by atoms with Crippen molar-refractivity contribution in [2.24, 2.45) is 11.0 Å². The summed E-state index contributed by atoms with van der Waals surface area (Å²) in [6.45, 7) is 0. The molecular formula is C18H17N3O2S. The molecule has 1 heterocycles. The van der Waals surface area contributed by atoms with Crippen LogP contribution in [-0.2, 0) is 4.79 Å². The second kappa shape index (κ2) is 7.70. The van der Waals surface area contributed by atoms with E-state index in [9.17, 15) is 9.90 Å². The largest absolute Gasteiger partial charge is 0.477 e. The van der Waals surface area contributed by atoms with Gasteiger partial charge in [-0.15, -0.1) is 11.3 Å². The molecule has 1 aliphatic carbocycles. The van der Waals surface area contributed by atoms with Crippen molar-refractivity contribution >= 4 is 28.1 Å². The fourth-order valence-electron chi connectivity index (χ4n) is 2.39. The molecule has 122 valence electrons. The molecule has 5 nitrogen and oxygen atoms in total. The highest BCUT2D eigenvalue weighted by molar-refractivity contribution is 7.14. The van der Waals surface area contributed by atoms with Gasteiger partial charge >= 0.3 is 5.97 Å². The summed E-state index contributed by atoms with van der Waals surface area (Å²) in [6.07, 6.45) is 9.17. The average Bonchev–Trinajstić information content (AvgIpc) is 3.09. The minimum absolute atomic E-state index is 0.108. The van der Waals surface area contributed by atoms with Crippen LogP contribution < -0.4 is 5.43 Å². The number of hydrogen-bond donors (Lipinski definition) is 2. The van der Waals surface area contributed by atoms with Gasteiger partial charge in [-0.2, -0.15) is 5.10 Å².